The number of anilines is 1. The van der Waals surface area contributed by atoms with Gasteiger partial charge in [-0.15, -0.1) is 10.2 Å². The number of thiophene rings is 1. The molecule has 1 aliphatic heterocycles. The van der Waals surface area contributed by atoms with E-state index in [9.17, 15) is 4.79 Å². The zero-order chi connectivity index (χ0) is 17.9. The van der Waals surface area contributed by atoms with Crippen LogP contribution in [0.15, 0.2) is 45.5 Å². The predicted octanol–water partition coefficient (Wildman–Crippen LogP) is 4.86. The SMILES string of the molecule is O=C(Nc1cccc(Cl)c1)N1CCC(c2nnc(-c3ccsc3)o2)CC1. The first-order chi connectivity index (χ1) is 12.7. The Balaban J connectivity index is 1.34. The number of urea groups is 1. The van der Waals surface area contributed by atoms with Crippen molar-refractivity contribution in [1.82, 2.24) is 15.1 Å². The molecule has 0 radical (unpaired) electrons. The molecule has 3 aromatic rings. The van der Waals surface area contributed by atoms with Crippen LogP contribution in [-0.4, -0.2) is 34.2 Å². The van der Waals surface area contributed by atoms with Gasteiger partial charge in [0.1, 0.15) is 0 Å². The van der Waals surface area contributed by atoms with E-state index in [2.05, 4.69) is 15.5 Å². The number of benzene rings is 1. The lowest BCUT2D eigenvalue weighted by Gasteiger charge is -2.30. The van der Waals surface area contributed by atoms with Crippen LogP contribution in [0, 0.1) is 0 Å². The Morgan fingerprint density at radius 2 is 2.12 bits per heavy atom. The van der Waals surface area contributed by atoms with E-state index in [1.54, 1.807) is 28.4 Å². The Hall–Kier alpha value is -2.38. The van der Waals surface area contributed by atoms with Crippen LogP contribution < -0.4 is 5.32 Å². The molecule has 1 N–H and O–H groups in total. The number of carbonyl (C=O) groups is 1. The molecule has 0 unspecified atom stereocenters. The summed E-state index contributed by atoms with van der Waals surface area (Å²) in [5, 5.41) is 15.8. The molecule has 1 fully saturated rings. The molecule has 3 heterocycles. The number of hydrogen-bond donors (Lipinski definition) is 1. The minimum absolute atomic E-state index is 0.116. The van der Waals surface area contributed by atoms with Crippen LogP contribution in [0.5, 0.6) is 0 Å². The number of nitrogens with zero attached hydrogens (tertiary/aromatic N) is 3. The summed E-state index contributed by atoms with van der Waals surface area (Å²) in [5.41, 5.74) is 1.65. The van der Waals surface area contributed by atoms with Crippen LogP contribution in [0.2, 0.25) is 5.02 Å². The van der Waals surface area contributed by atoms with Crippen LogP contribution in [0.4, 0.5) is 10.5 Å². The quantitative estimate of drug-likeness (QED) is 0.695. The molecule has 0 atom stereocenters. The first kappa shape index (κ1) is 17.1. The largest absolute Gasteiger partial charge is 0.420 e. The average molecular weight is 389 g/mol. The van der Waals surface area contributed by atoms with E-state index in [0.29, 0.717) is 35.6 Å². The molecular weight excluding hydrogens is 372 g/mol. The van der Waals surface area contributed by atoms with Crippen molar-refractivity contribution in [3.05, 3.63) is 52.0 Å². The van der Waals surface area contributed by atoms with Gasteiger partial charge in [-0.2, -0.15) is 11.3 Å². The molecule has 6 nitrogen and oxygen atoms in total. The normalized spacial score (nSPS) is 15.2. The van der Waals surface area contributed by atoms with Crippen molar-refractivity contribution in [3.63, 3.8) is 0 Å². The van der Waals surface area contributed by atoms with Gasteiger partial charge in [0.15, 0.2) is 0 Å². The molecule has 0 aliphatic carbocycles. The molecule has 26 heavy (non-hydrogen) atoms. The van der Waals surface area contributed by atoms with Gasteiger partial charge in [-0.1, -0.05) is 17.7 Å². The maximum atomic E-state index is 12.4. The zero-order valence-electron chi connectivity index (χ0n) is 13.9. The molecule has 8 heteroatoms. The molecule has 0 saturated carbocycles. The Morgan fingerprint density at radius 3 is 2.85 bits per heavy atom. The molecule has 1 saturated heterocycles. The fourth-order valence-corrected chi connectivity index (χ4v) is 3.82. The molecule has 4 rings (SSSR count). The van der Waals surface area contributed by atoms with Gasteiger partial charge in [-0.05, 0) is 42.5 Å². The second-order valence-corrected chi connectivity index (χ2v) is 7.38. The van der Waals surface area contributed by atoms with Crippen LogP contribution in [0.25, 0.3) is 11.5 Å². The number of nitrogens with one attached hydrogen (secondary N) is 1. The maximum absolute atomic E-state index is 12.4. The van der Waals surface area contributed by atoms with Gasteiger partial charge in [-0.3, -0.25) is 0 Å². The fourth-order valence-electron chi connectivity index (χ4n) is 3.00. The summed E-state index contributed by atoms with van der Waals surface area (Å²) in [6, 6.07) is 8.99. The highest BCUT2D eigenvalue weighted by Gasteiger charge is 2.27. The van der Waals surface area contributed by atoms with Gasteiger partial charge in [0.25, 0.3) is 0 Å². The van der Waals surface area contributed by atoms with E-state index in [1.807, 2.05) is 29.0 Å². The Labute approximate surface area is 159 Å². The summed E-state index contributed by atoms with van der Waals surface area (Å²) in [4.78, 5) is 14.2. The van der Waals surface area contributed by atoms with Gasteiger partial charge >= 0.3 is 6.03 Å². The highest BCUT2D eigenvalue weighted by atomic mass is 35.5. The summed E-state index contributed by atoms with van der Waals surface area (Å²) < 4.78 is 5.82. The smallest absolute Gasteiger partial charge is 0.321 e. The lowest BCUT2D eigenvalue weighted by Crippen LogP contribution is -2.40. The maximum Gasteiger partial charge on any atom is 0.321 e. The lowest BCUT2D eigenvalue weighted by molar-refractivity contribution is 0.190. The van der Waals surface area contributed by atoms with Crippen molar-refractivity contribution >= 4 is 34.7 Å². The highest BCUT2D eigenvalue weighted by Crippen LogP contribution is 2.30. The van der Waals surface area contributed by atoms with Gasteiger partial charge in [0.05, 0.1) is 0 Å². The topological polar surface area (TPSA) is 71.3 Å². The number of hydrogen-bond acceptors (Lipinski definition) is 5. The third-order valence-electron chi connectivity index (χ3n) is 4.42. The lowest BCUT2D eigenvalue weighted by atomic mass is 9.97. The number of amides is 2. The molecule has 134 valence electrons. The summed E-state index contributed by atoms with van der Waals surface area (Å²) in [6.07, 6.45) is 1.60. The average Bonchev–Trinajstić information content (AvgIpc) is 3.33. The summed E-state index contributed by atoms with van der Waals surface area (Å²) in [5.74, 6) is 1.40. The number of likely N-dealkylation sites (tertiary alicyclic amines) is 1. The molecule has 2 aromatic heterocycles. The van der Waals surface area contributed by atoms with Crippen molar-refractivity contribution in [3.8, 4) is 11.5 Å². The Bertz CT molecular complexity index is 888. The third kappa shape index (κ3) is 3.73. The third-order valence-corrected chi connectivity index (χ3v) is 5.33. The van der Waals surface area contributed by atoms with Crippen molar-refractivity contribution in [1.29, 1.82) is 0 Å². The van der Waals surface area contributed by atoms with E-state index in [-0.39, 0.29) is 11.9 Å². The Morgan fingerprint density at radius 1 is 1.27 bits per heavy atom. The molecule has 0 spiro atoms. The van der Waals surface area contributed by atoms with Crippen molar-refractivity contribution in [2.24, 2.45) is 0 Å². The van der Waals surface area contributed by atoms with Crippen LogP contribution in [0.3, 0.4) is 0 Å². The van der Waals surface area contributed by atoms with Gasteiger partial charge in [0, 0.05) is 40.7 Å². The Kier molecular flexibility index (Phi) is 4.90. The van der Waals surface area contributed by atoms with E-state index in [4.69, 9.17) is 16.0 Å². The van der Waals surface area contributed by atoms with E-state index < -0.39 is 0 Å². The summed E-state index contributed by atoms with van der Waals surface area (Å²) in [7, 11) is 0. The summed E-state index contributed by atoms with van der Waals surface area (Å²) in [6.45, 7) is 1.29. The number of rotatable bonds is 3. The van der Waals surface area contributed by atoms with Crippen molar-refractivity contribution in [2.75, 3.05) is 18.4 Å². The standard InChI is InChI=1S/C18H17ClN4O2S/c19-14-2-1-3-15(10-14)20-18(24)23-7-4-12(5-8-23)16-21-22-17(25-16)13-6-9-26-11-13/h1-3,6,9-12H,4-5,7-8H2,(H,20,24). The van der Waals surface area contributed by atoms with Gasteiger partial charge in [-0.25, -0.2) is 4.79 Å². The molecule has 0 bridgehead atoms. The van der Waals surface area contributed by atoms with Crippen LogP contribution in [-0.2, 0) is 0 Å². The number of piperidine rings is 1. The molecule has 1 aliphatic rings. The van der Waals surface area contributed by atoms with Crippen molar-refractivity contribution in [2.45, 2.75) is 18.8 Å². The first-order valence-electron chi connectivity index (χ1n) is 8.36. The molecule has 2 amide bonds. The number of halogens is 1. The minimum Gasteiger partial charge on any atom is -0.420 e. The summed E-state index contributed by atoms with van der Waals surface area (Å²) >= 11 is 7.55. The molecular formula is C18H17ClN4O2S. The van der Waals surface area contributed by atoms with Gasteiger partial charge in [0.2, 0.25) is 11.8 Å². The second-order valence-electron chi connectivity index (χ2n) is 6.16. The van der Waals surface area contributed by atoms with Crippen LogP contribution in [0.1, 0.15) is 24.7 Å². The zero-order valence-corrected chi connectivity index (χ0v) is 15.5. The number of carbonyl (C=O) groups excluding carboxylic acids is 1. The first-order valence-corrected chi connectivity index (χ1v) is 9.68. The molecule has 1 aromatic carbocycles. The van der Waals surface area contributed by atoms with E-state index in [0.717, 1.165) is 18.4 Å². The highest BCUT2D eigenvalue weighted by molar-refractivity contribution is 7.08. The van der Waals surface area contributed by atoms with Crippen molar-refractivity contribution < 1.29 is 9.21 Å². The minimum atomic E-state index is -0.116. The van der Waals surface area contributed by atoms with Crippen LogP contribution >= 0.6 is 22.9 Å². The monoisotopic (exact) mass is 388 g/mol. The van der Waals surface area contributed by atoms with Gasteiger partial charge < -0.3 is 14.6 Å². The fraction of sp³-hybridized carbons (Fsp3) is 0.278. The number of aromatic nitrogens is 2. The second kappa shape index (κ2) is 7.47. The predicted molar refractivity (Wildman–Crippen MR) is 102 cm³/mol. The van der Waals surface area contributed by atoms with E-state index in [1.165, 1.54) is 0 Å². The van der Waals surface area contributed by atoms with E-state index >= 15 is 0 Å².